The van der Waals surface area contributed by atoms with Crippen molar-refractivity contribution in [1.29, 1.82) is 0 Å². The summed E-state index contributed by atoms with van der Waals surface area (Å²) >= 11 is 6.04. The van der Waals surface area contributed by atoms with E-state index in [-0.39, 0.29) is 5.78 Å². The fraction of sp³-hybridized carbons (Fsp3) is 0.500. The third-order valence-corrected chi connectivity index (χ3v) is 2.82. The molecule has 0 fully saturated rings. The van der Waals surface area contributed by atoms with E-state index in [9.17, 15) is 4.79 Å². The van der Waals surface area contributed by atoms with Crippen molar-refractivity contribution in [2.75, 3.05) is 6.61 Å². The average Bonchev–Trinajstić information content (AvgIpc) is 2.25. The average molecular weight is 255 g/mol. The number of hydrogen-bond acceptors (Lipinski definition) is 2. The summed E-state index contributed by atoms with van der Waals surface area (Å²) < 4.78 is 5.58. The number of ketones is 1. The smallest absolute Gasteiger partial charge is 0.159 e. The molecule has 0 saturated carbocycles. The lowest BCUT2D eigenvalue weighted by atomic mass is 10.1. The standard InChI is InChI=1S/C14H19ClO2/c1-10(2)5-4-8-17-14-7-6-12(11(3)16)9-13(14)15/h6-7,9-10H,4-5,8H2,1-3H3. The Morgan fingerprint density at radius 3 is 2.65 bits per heavy atom. The van der Waals surface area contributed by atoms with Crippen molar-refractivity contribution in [3.8, 4) is 5.75 Å². The van der Waals surface area contributed by atoms with Crippen molar-refractivity contribution in [2.45, 2.75) is 33.6 Å². The van der Waals surface area contributed by atoms with Crippen LogP contribution in [0.3, 0.4) is 0 Å². The topological polar surface area (TPSA) is 26.3 Å². The molecule has 0 saturated heterocycles. The summed E-state index contributed by atoms with van der Waals surface area (Å²) in [4.78, 5) is 11.1. The number of benzene rings is 1. The first-order valence-electron chi connectivity index (χ1n) is 5.94. The Bertz CT molecular complexity index is 386. The molecule has 0 aliphatic rings. The van der Waals surface area contributed by atoms with E-state index < -0.39 is 0 Å². The minimum Gasteiger partial charge on any atom is -0.492 e. The third kappa shape index (κ3) is 4.78. The number of halogens is 1. The van der Waals surface area contributed by atoms with Gasteiger partial charge in [0.2, 0.25) is 0 Å². The second kappa shape index (κ2) is 6.65. The van der Waals surface area contributed by atoms with E-state index in [0.717, 1.165) is 12.8 Å². The first kappa shape index (κ1) is 14.0. The van der Waals surface area contributed by atoms with Gasteiger partial charge in [0.05, 0.1) is 11.6 Å². The van der Waals surface area contributed by atoms with Gasteiger partial charge in [0.1, 0.15) is 5.75 Å². The van der Waals surface area contributed by atoms with Crippen LogP contribution in [0.15, 0.2) is 18.2 Å². The summed E-state index contributed by atoms with van der Waals surface area (Å²) in [7, 11) is 0. The molecule has 0 aliphatic carbocycles. The summed E-state index contributed by atoms with van der Waals surface area (Å²) in [5.41, 5.74) is 0.615. The Kier molecular flexibility index (Phi) is 5.49. The van der Waals surface area contributed by atoms with Gasteiger partial charge in [0, 0.05) is 5.56 Å². The van der Waals surface area contributed by atoms with E-state index in [1.165, 1.54) is 6.92 Å². The molecular weight excluding hydrogens is 236 g/mol. The van der Waals surface area contributed by atoms with Crippen molar-refractivity contribution in [1.82, 2.24) is 0 Å². The second-order valence-corrected chi connectivity index (χ2v) is 4.99. The molecule has 0 unspecified atom stereocenters. The molecular formula is C14H19ClO2. The molecule has 2 nitrogen and oxygen atoms in total. The molecule has 17 heavy (non-hydrogen) atoms. The van der Waals surface area contributed by atoms with Crippen LogP contribution in [-0.4, -0.2) is 12.4 Å². The molecule has 1 rings (SSSR count). The predicted molar refractivity (Wildman–Crippen MR) is 71.0 cm³/mol. The molecule has 0 radical (unpaired) electrons. The predicted octanol–water partition coefficient (Wildman–Crippen LogP) is 4.36. The molecule has 1 aromatic rings. The van der Waals surface area contributed by atoms with Crippen LogP contribution >= 0.6 is 11.6 Å². The number of carbonyl (C=O) groups excluding carboxylic acids is 1. The highest BCUT2D eigenvalue weighted by molar-refractivity contribution is 6.32. The van der Waals surface area contributed by atoms with Gasteiger partial charge in [-0.05, 0) is 43.9 Å². The van der Waals surface area contributed by atoms with Crippen molar-refractivity contribution in [3.63, 3.8) is 0 Å². The minimum atomic E-state index is 0.0123. The van der Waals surface area contributed by atoms with Crippen LogP contribution in [0.5, 0.6) is 5.75 Å². The molecule has 0 aromatic heterocycles. The monoisotopic (exact) mass is 254 g/mol. The van der Waals surface area contributed by atoms with Gasteiger partial charge >= 0.3 is 0 Å². The fourth-order valence-electron chi connectivity index (χ4n) is 1.51. The van der Waals surface area contributed by atoms with Crippen molar-refractivity contribution >= 4 is 17.4 Å². The van der Waals surface area contributed by atoms with E-state index in [2.05, 4.69) is 13.8 Å². The van der Waals surface area contributed by atoms with Gasteiger partial charge in [0.15, 0.2) is 5.78 Å². The summed E-state index contributed by atoms with van der Waals surface area (Å²) in [6, 6.07) is 5.15. The summed E-state index contributed by atoms with van der Waals surface area (Å²) in [5.74, 6) is 1.35. The summed E-state index contributed by atoms with van der Waals surface area (Å²) in [6.45, 7) is 6.56. The van der Waals surface area contributed by atoms with Crippen LogP contribution in [0.25, 0.3) is 0 Å². The number of hydrogen-bond donors (Lipinski definition) is 0. The molecule has 0 bridgehead atoms. The number of ether oxygens (including phenoxy) is 1. The number of carbonyl (C=O) groups is 1. The SMILES string of the molecule is CC(=O)c1ccc(OCCCC(C)C)c(Cl)c1. The lowest BCUT2D eigenvalue weighted by molar-refractivity contribution is 0.101. The largest absolute Gasteiger partial charge is 0.492 e. The zero-order chi connectivity index (χ0) is 12.8. The molecule has 1 aromatic carbocycles. The van der Waals surface area contributed by atoms with Gasteiger partial charge in [0.25, 0.3) is 0 Å². The van der Waals surface area contributed by atoms with Crippen LogP contribution in [0.4, 0.5) is 0 Å². The zero-order valence-electron chi connectivity index (χ0n) is 10.6. The lowest BCUT2D eigenvalue weighted by Crippen LogP contribution is -2.01. The highest BCUT2D eigenvalue weighted by atomic mass is 35.5. The first-order valence-corrected chi connectivity index (χ1v) is 6.31. The van der Waals surface area contributed by atoms with Crippen molar-refractivity contribution in [3.05, 3.63) is 28.8 Å². The highest BCUT2D eigenvalue weighted by Gasteiger charge is 2.06. The van der Waals surface area contributed by atoms with Crippen molar-refractivity contribution < 1.29 is 9.53 Å². The third-order valence-electron chi connectivity index (χ3n) is 2.52. The molecule has 3 heteroatoms. The van der Waals surface area contributed by atoms with Crippen LogP contribution in [0, 0.1) is 5.92 Å². The van der Waals surface area contributed by atoms with Gasteiger partial charge in [-0.2, -0.15) is 0 Å². The minimum absolute atomic E-state index is 0.0123. The van der Waals surface area contributed by atoms with E-state index >= 15 is 0 Å². The van der Waals surface area contributed by atoms with E-state index in [0.29, 0.717) is 28.9 Å². The Morgan fingerprint density at radius 1 is 1.41 bits per heavy atom. The summed E-state index contributed by atoms with van der Waals surface area (Å²) in [6.07, 6.45) is 2.16. The molecule has 0 N–H and O–H groups in total. The normalized spacial score (nSPS) is 10.6. The Balaban J connectivity index is 2.52. The van der Waals surface area contributed by atoms with Crippen molar-refractivity contribution in [2.24, 2.45) is 5.92 Å². The Hall–Kier alpha value is -1.02. The number of Topliss-reactive ketones (excluding diaryl/α,β-unsaturated/α-hetero) is 1. The maximum atomic E-state index is 11.1. The van der Waals surface area contributed by atoms with Crippen LogP contribution in [0.2, 0.25) is 5.02 Å². The summed E-state index contributed by atoms with van der Waals surface area (Å²) in [5, 5.41) is 0.502. The Labute approximate surface area is 108 Å². The lowest BCUT2D eigenvalue weighted by Gasteiger charge is -2.09. The quantitative estimate of drug-likeness (QED) is 0.557. The van der Waals surface area contributed by atoms with Gasteiger partial charge < -0.3 is 4.74 Å². The second-order valence-electron chi connectivity index (χ2n) is 4.59. The van der Waals surface area contributed by atoms with E-state index in [1.807, 2.05) is 0 Å². The van der Waals surface area contributed by atoms with Crippen LogP contribution < -0.4 is 4.74 Å². The van der Waals surface area contributed by atoms with Gasteiger partial charge in [-0.3, -0.25) is 4.79 Å². The molecule has 0 aliphatic heterocycles. The molecule has 0 amide bonds. The van der Waals surface area contributed by atoms with E-state index in [1.54, 1.807) is 18.2 Å². The molecule has 0 heterocycles. The zero-order valence-corrected chi connectivity index (χ0v) is 11.4. The molecule has 0 spiro atoms. The maximum Gasteiger partial charge on any atom is 0.159 e. The van der Waals surface area contributed by atoms with E-state index in [4.69, 9.17) is 16.3 Å². The van der Waals surface area contributed by atoms with Gasteiger partial charge in [-0.15, -0.1) is 0 Å². The van der Waals surface area contributed by atoms with Gasteiger partial charge in [-0.25, -0.2) is 0 Å². The highest BCUT2D eigenvalue weighted by Crippen LogP contribution is 2.26. The fourth-order valence-corrected chi connectivity index (χ4v) is 1.75. The van der Waals surface area contributed by atoms with Crippen LogP contribution in [0.1, 0.15) is 44.0 Å². The number of rotatable bonds is 6. The Morgan fingerprint density at radius 2 is 2.12 bits per heavy atom. The van der Waals surface area contributed by atoms with Crippen LogP contribution in [-0.2, 0) is 0 Å². The van der Waals surface area contributed by atoms with Gasteiger partial charge in [-0.1, -0.05) is 25.4 Å². The maximum absolute atomic E-state index is 11.1. The first-order chi connectivity index (χ1) is 8.00. The molecule has 0 atom stereocenters. The molecule has 94 valence electrons.